The van der Waals surface area contributed by atoms with Crippen LogP contribution in [-0.2, 0) is 14.8 Å². The lowest BCUT2D eigenvalue weighted by molar-refractivity contribution is -0.134. The van der Waals surface area contributed by atoms with Gasteiger partial charge in [-0.3, -0.25) is 10.0 Å². The van der Waals surface area contributed by atoms with Gasteiger partial charge < -0.3 is 4.74 Å². The van der Waals surface area contributed by atoms with Crippen LogP contribution in [0.5, 0.6) is 11.5 Å². The lowest BCUT2D eigenvalue weighted by Gasteiger charge is -2.33. The molecule has 2 aromatic carbocycles. The summed E-state index contributed by atoms with van der Waals surface area (Å²) in [7, 11) is -3.86. The van der Waals surface area contributed by atoms with Gasteiger partial charge in [0.1, 0.15) is 17.5 Å². The van der Waals surface area contributed by atoms with Gasteiger partial charge in [0.15, 0.2) is 0 Å². The summed E-state index contributed by atoms with van der Waals surface area (Å²) in [6.07, 6.45) is 1.76. The van der Waals surface area contributed by atoms with Crippen molar-refractivity contribution in [2.45, 2.75) is 30.2 Å². The van der Waals surface area contributed by atoms with Crippen LogP contribution < -0.4 is 10.2 Å². The molecular formula is C18H19BrN2O5S. The van der Waals surface area contributed by atoms with Gasteiger partial charge in [0.25, 0.3) is 5.91 Å². The van der Waals surface area contributed by atoms with Crippen LogP contribution >= 0.6 is 15.9 Å². The Kier molecular flexibility index (Phi) is 6.15. The van der Waals surface area contributed by atoms with Crippen LogP contribution in [0.2, 0.25) is 0 Å². The molecule has 1 aliphatic rings. The van der Waals surface area contributed by atoms with Crippen molar-refractivity contribution in [2.75, 3.05) is 6.54 Å². The Balaban J connectivity index is 1.80. The summed E-state index contributed by atoms with van der Waals surface area (Å²) in [6.45, 7) is 0.234. The van der Waals surface area contributed by atoms with Crippen molar-refractivity contribution in [3.05, 3.63) is 53.0 Å². The number of sulfonamides is 1. The van der Waals surface area contributed by atoms with E-state index in [0.29, 0.717) is 24.3 Å². The van der Waals surface area contributed by atoms with E-state index in [2.05, 4.69) is 15.9 Å². The summed E-state index contributed by atoms with van der Waals surface area (Å²) in [4.78, 5) is 11.9. The second-order valence-electron chi connectivity index (χ2n) is 6.13. The first-order valence-corrected chi connectivity index (χ1v) is 10.6. The van der Waals surface area contributed by atoms with Crippen LogP contribution in [0.25, 0.3) is 0 Å². The summed E-state index contributed by atoms with van der Waals surface area (Å²) in [6, 6.07) is 12.4. The largest absolute Gasteiger partial charge is 0.457 e. The molecule has 1 saturated heterocycles. The zero-order valence-corrected chi connectivity index (χ0v) is 16.7. The fourth-order valence-electron chi connectivity index (χ4n) is 2.98. The number of hydroxylamine groups is 1. The van der Waals surface area contributed by atoms with Crippen molar-refractivity contribution < 1.29 is 23.2 Å². The third kappa shape index (κ3) is 4.49. The first-order chi connectivity index (χ1) is 12.9. The molecule has 1 atom stereocenters. The van der Waals surface area contributed by atoms with Gasteiger partial charge in [-0.2, -0.15) is 4.31 Å². The normalized spacial score (nSPS) is 18.1. The van der Waals surface area contributed by atoms with Crippen LogP contribution in [0.1, 0.15) is 19.3 Å². The minimum absolute atomic E-state index is 0.0725. The van der Waals surface area contributed by atoms with Crippen molar-refractivity contribution >= 4 is 31.9 Å². The predicted octanol–water partition coefficient (Wildman–Crippen LogP) is 3.29. The van der Waals surface area contributed by atoms with Crippen molar-refractivity contribution in [1.82, 2.24) is 9.79 Å². The van der Waals surface area contributed by atoms with E-state index < -0.39 is 22.0 Å². The Morgan fingerprint density at radius 2 is 1.67 bits per heavy atom. The number of carbonyl (C=O) groups excluding carboxylic acids is 1. The van der Waals surface area contributed by atoms with E-state index in [-0.39, 0.29) is 11.4 Å². The van der Waals surface area contributed by atoms with Crippen LogP contribution in [-0.4, -0.2) is 36.4 Å². The van der Waals surface area contributed by atoms with Gasteiger partial charge in [0.2, 0.25) is 10.0 Å². The Bertz CT molecular complexity index is 900. The second-order valence-corrected chi connectivity index (χ2v) is 8.94. The van der Waals surface area contributed by atoms with Gasteiger partial charge in [-0.25, -0.2) is 13.9 Å². The van der Waals surface area contributed by atoms with Gasteiger partial charge >= 0.3 is 0 Å². The van der Waals surface area contributed by atoms with Crippen molar-refractivity contribution in [1.29, 1.82) is 0 Å². The molecule has 2 N–H and O–H groups in total. The maximum atomic E-state index is 12.9. The third-order valence-electron chi connectivity index (χ3n) is 4.35. The molecule has 0 aliphatic carbocycles. The summed E-state index contributed by atoms with van der Waals surface area (Å²) < 4.78 is 33.7. The Labute approximate surface area is 166 Å². The molecule has 2 aromatic rings. The molecule has 1 fully saturated rings. The van der Waals surface area contributed by atoms with E-state index in [4.69, 9.17) is 9.94 Å². The summed E-state index contributed by atoms with van der Waals surface area (Å²) in [5, 5.41) is 8.89. The van der Waals surface area contributed by atoms with Crippen LogP contribution in [0.3, 0.4) is 0 Å². The second kappa shape index (κ2) is 8.39. The van der Waals surface area contributed by atoms with Crippen molar-refractivity contribution in [3.63, 3.8) is 0 Å². The molecule has 0 spiro atoms. The summed E-state index contributed by atoms with van der Waals surface area (Å²) >= 11 is 3.35. The predicted molar refractivity (Wildman–Crippen MR) is 102 cm³/mol. The standard InChI is InChI=1S/C18H19BrN2O5S/c19-13-4-6-14(7-5-13)26-15-8-10-16(11-9-15)27(24,25)21-12-2-1-3-17(21)18(22)20-23/h4-11,17,23H,1-3,12H2,(H,20,22)/t17-/m1/s1. The number of halogens is 1. The van der Waals surface area contributed by atoms with Gasteiger partial charge in [0, 0.05) is 11.0 Å². The SMILES string of the molecule is O=C(NO)[C@H]1CCCCN1S(=O)(=O)c1ccc(Oc2ccc(Br)cc2)cc1. The van der Waals surface area contributed by atoms with Crippen LogP contribution in [0.4, 0.5) is 0 Å². The monoisotopic (exact) mass is 454 g/mol. The zero-order valence-electron chi connectivity index (χ0n) is 14.3. The molecule has 0 saturated carbocycles. The first-order valence-electron chi connectivity index (χ1n) is 8.41. The molecule has 0 aromatic heterocycles. The molecular weight excluding hydrogens is 436 g/mol. The number of carbonyl (C=O) groups is 1. The summed E-state index contributed by atoms with van der Waals surface area (Å²) in [5.41, 5.74) is 1.56. The van der Waals surface area contributed by atoms with E-state index in [1.807, 2.05) is 12.1 Å². The fraction of sp³-hybridized carbons (Fsp3) is 0.278. The quantitative estimate of drug-likeness (QED) is 0.533. The number of piperidine rings is 1. The molecule has 1 aliphatic heterocycles. The molecule has 0 radical (unpaired) electrons. The van der Waals surface area contributed by atoms with Gasteiger partial charge in [-0.1, -0.05) is 22.4 Å². The first kappa shape index (κ1) is 19.8. The minimum atomic E-state index is -3.86. The highest BCUT2D eigenvalue weighted by molar-refractivity contribution is 9.10. The van der Waals surface area contributed by atoms with E-state index in [0.717, 1.165) is 15.2 Å². The lowest BCUT2D eigenvalue weighted by atomic mass is 10.0. The highest BCUT2D eigenvalue weighted by Crippen LogP contribution is 2.28. The molecule has 9 heteroatoms. The molecule has 0 unspecified atom stereocenters. The molecule has 144 valence electrons. The van der Waals surface area contributed by atoms with E-state index in [9.17, 15) is 13.2 Å². The minimum Gasteiger partial charge on any atom is -0.457 e. The highest BCUT2D eigenvalue weighted by atomic mass is 79.9. The van der Waals surface area contributed by atoms with E-state index in [1.165, 1.54) is 12.1 Å². The number of nitrogens with zero attached hydrogens (tertiary/aromatic N) is 1. The maximum Gasteiger partial charge on any atom is 0.261 e. The number of rotatable bonds is 5. The topological polar surface area (TPSA) is 95.9 Å². The van der Waals surface area contributed by atoms with E-state index >= 15 is 0 Å². The lowest BCUT2D eigenvalue weighted by Crippen LogP contribution is -2.51. The average Bonchev–Trinajstić information content (AvgIpc) is 2.69. The van der Waals surface area contributed by atoms with Gasteiger partial charge in [-0.05, 0) is 61.4 Å². The fourth-order valence-corrected chi connectivity index (χ4v) is 4.90. The number of benzene rings is 2. The van der Waals surface area contributed by atoms with Gasteiger partial charge in [0.05, 0.1) is 4.90 Å². The third-order valence-corrected chi connectivity index (χ3v) is 6.80. The van der Waals surface area contributed by atoms with Gasteiger partial charge in [-0.15, -0.1) is 0 Å². The van der Waals surface area contributed by atoms with Crippen molar-refractivity contribution in [2.24, 2.45) is 0 Å². The number of hydrogen-bond acceptors (Lipinski definition) is 5. The summed E-state index contributed by atoms with van der Waals surface area (Å²) in [5.74, 6) is 0.414. The molecule has 1 amide bonds. The smallest absolute Gasteiger partial charge is 0.261 e. The molecule has 3 rings (SSSR count). The van der Waals surface area contributed by atoms with Crippen LogP contribution in [0, 0.1) is 0 Å². The zero-order chi connectivity index (χ0) is 19.4. The maximum absolute atomic E-state index is 12.9. The Morgan fingerprint density at radius 3 is 2.26 bits per heavy atom. The molecule has 27 heavy (non-hydrogen) atoms. The molecule has 7 nitrogen and oxygen atoms in total. The van der Waals surface area contributed by atoms with E-state index in [1.54, 1.807) is 29.7 Å². The number of ether oxygens (including phenoxy) is 1. The highest BCUT2D eigenvalue weighted by Gasteiger charge is 2.37. The van der Waals surface area contributed by atoms with Crippen LogP contribution in [0.15, 0.2) is 57.9 Å². The molecule has 1 heterocycles. The molecule has 0 bridgehead atoms. The Morgan fingerprint density at radius 1 is 1.07 bits per heavy atom. The number of nitrogens with one attached hydrogen (secondary N) is 1. The van der Waals surface area contributed by atoms with Crippen molar-refractivity contribution in [3.8, 4) is 11.5 Å². The Hall–Kier alpha value is -1.94. The number of amides is 1. The number of hydrogen-bond donors (Lipinski definition) is 2. The average molecular weight is 455 g/mol.